The van der Waals surface area contributed by atoms with Gasteiger partial charge in [0.25, 0.3) is 0 Å². The number of thiazole rings is 1. The zero-order chi connectivity index (χ0) is 20.9. The molecule has 0 fully saturated rings. The van der Waals surface area contributed by atoms with Gasteiger partial charge in [-0.05, 0) is 36.4 Å². The van der Waals surface area contributed by atoms with Gasteiger partial charge in [-0.1, -0.05) is 35.2 Å². The summed E-state index contributed by atoms with van der Waals surface area (Å²) in [6.45, 7) is 0. The molecule has 0 saturated carbocycles. The van der Waals surface area contributed by atoms with Crippen LogP contribution >= 0.6 is 23.1 Å². The van der Waals surface area contributed by atoms with Crippen molar-refractivity contribution in [2.45, 2.75) is 5.03 Å². The number of hydrogen-bond acceptors (Lipinski definition) is 8. The summed E-state index contributed by atoms with van der Waals surface area (Å²) >= 11 is 2.77. The average molecular weight is 439 g/mol. The van der Waals surface area contributed by atoms with Crippen LogP contribution in [0.15, 0.2) is 59.6 Å². The van der Waals surface area contributed by atoms with Gasteiger partial charge in [0.2, 0.25) is 5.91 Å². The third-order valence-electron chi connectivity index (χ3n) is 4.22. The highest BCUT2D eigenvalue weighted by atomic mass is 32.2. The van der Waals surface area contributed by atoms with E-state index in [9.17, 15) is 4.79 Å². The van der Waals surface area contributed by atoms with Crippen molar-refractivity contribution in [2.24, 2.45) is 0 Å². The van der Waals surface area contributed by atoms with Crippen molar-refractivity contribution < 1.29 is 14.3 Å². The summed E-state index contributed by atoms with van der Waals surface area (Å²) < 4.78 is 11.7. The number of ether oxygens (including phenoxy) is 2. The smallest absolute Gasteiger partial charge is 0.236 e. The molecule has 152 valence electrons. The molecule has 1 N–H and O–H groups in total. The summed E-state index contributed by atoms with van der Waals surface area (Å²) in [6.07, 6.45) is 0. The summed E-state index contributed by atoms with van der Waals surface area (Å²) in [5, 5.41) is 12.6. The molecule has 0 unspecified atom stereocenters. The lowest BCUT2D eigenvalue weighted by atomic mass is 10.1. The Kier molecular flexibility index (Phi) is 6.10. The zero-order valence-electron chi connectivity index (χ0n) is 16.3. The first-order chi connectivity index (χ1) is 14.7. The predicted molar refractivity (Wildman–Crippen MR) is 120 cm³/mol. The minimum absolute atomic E-state index is 0.137. The van der Waals surface area contributed by atoms with Crippen molar-refractivity contribution in [2.75, 3.05) is 25.3 Å². The molecule has 0 saturated heterocycles. The van der Waals surface area contributed by atoms with Crippen molar-refractivity contribution in [3.63, 3.8) is 0 Å². The van der Waals surface area contributed by atoms with Gasteiger partial charge in [0.15, 0.2) is 5.13 Å². The standard InChI is InChI=1S/C21H18N4O3S2/c1-27-13-7-8-14(17(11-13)28-2)15-9-10-20(25-24-15)29-12-19(26)23-21-22-16-5-3-4-6-18(16)30-21/h3-11H,12H2,1-2H3,(H,22,23,26). The van der Waals surface area contributed by atoms with Crippen LogP contribution in [0.2, 0.25) is 0 Å². The van der Waals surface area contributed by atoms with Crippen LogP contribution in [-0.2, 0) is 4.79 Å². The van der Waals surface area contributed by atoms with Crippen LogP contribution in [0.5, 0.6) is 11.5 Å². The Hall–Kier alpha value is -3.17. The number of amides is 1. The Balaban J connectivity index is 1.38. The highest BCUT2D eigenvalue weighted by molar-refractivity contribution is 7.99. The van der Waals surface area contributed by atoms with E-state index in [-0.39, 0.29) is 11.7 Å². The molecule has 0 spiro atoms. The van der Waals surface area contributed by atoms with Gasteiger partial charge < -0.3 is 14.8 Å². The van der Waals surface area contributed by atoms with Gasteiger partial charge in [0.05, 0.1) is 35.9 Å². The molecule has 0 aliphatic carbocycles. The molecular formula is C21H18N4O3S2. The van der Waals surface area contributed by atoms with E-state index in [1.54, 1.807) is 20.3 Å². The lowest BCUT2D eigenvalue weighted by Crippen LogP contribution is -2.13. The topological polar surface area (TPSA) is 86.2 Å². The van der Waals surface area contributed by atoms with Crippen molar-refractivity contribution in [3.05, 3.63) is 54.6 Å². The molecule has 2 aromatic carbocycles. The van der Waals surface area contributed by atoms with Gasteiger partial charge >= 0.3 is 0 Å². The Bertz CT molecular complexity index is 1150. The third-order valence-corrected chi connectivity index (χ3v) is 6.09. The Morgan fingerprint density at radius 2 is 1.93 bits per heavy atom. The number of rotatable bonds is 7. The molecule has 0 atom stereocenters. The number of para-hydroxylation sites is 1. The van der Waals surface area contributed by atoms with Crippen LogP contribution in [-0.4, -0.2) is 41.1 Å². The van der Waals surface area contributed by atoms with Gasteiger partial charge in [-0.2, -0.15) is 0 Å². The molecule has 1 amide bonds. The number of fused-ring (bicyclic) bond motifs is 1. The molecule has 2 heterocycles. The Morgan fingerprint density at radius 1 is 1.07 bits per heavy atom. The van der Waals surface area contributed by atoms with Crippen molar-refractivity contribution in [1.82, 2.24) is 15.2 Å². The number of thioether (sulfide) groups is 1. The van der Waals surface area contributed by atoms with Crippen LogP contribution in [0.25, 0.3) is 21.5 Å². The fraction of sp³-hybridized carbons (Fsp3) is 0.143. The first-order valence-corrected chi connectivity index (χ1v) is 10.8. The summed E-state index contributed by atoms with van der Waals surface area (Å²) in [4.78, 5) is 16.7. The molecule has 7 nitrogen and oxygen atoms in total. The van der Waals surface area contributed by atoms with E-state index >= 15 is 0 Å². The quantitative estimate of drug-likeness (QED) is 0.425. The van der Waals surface area contributed by atoms with Crippen LogP contribution in [0.3, 0.4) is 0 Å². The maximum absolute atomic E-state index is 12.3. The number of aromatic nitrogens is 3. The molecule has 0 bridgehead atoms. The first-order valence-electron chi connectivity index (χ1n) is 9.00. The number of nitrogens with one attached hydrogen (secondary N) is 1. The first kappa shape index (κ1) is 20.1. The van der Waals surface area contributed by atoms with Crippen LogP contribution in [0.4, 0.5) is 5.13 Å². The number of carbonyl (C=O) groups is 1. The molecule has 2 aromatic heterocycles. The van der Waals surface area contributed by atoms with E-state index in [4.69, 9.17) is 9.47 Å². The number of nitrogens with zero attached hydrogens (tertiary/aromatic N) is 3. The van der Waals surface area contributed by atoms with E-state index < -0.39 is 0 Å². The van der Waals surface area contributed by atoms with Crippen LogP contribution in [0, 0.1) is 0 Å². The number of methoxy groups -OCH3 is 2. The maximum Gasteiger partial charge on any atom is 0.236 e. The molecule has 4 rings (SSSR count). The molecular weight excluding hydrogens is 420 g/mol. The maximum atomic E-state index is 12.3. The van der Waals surface area contributed by atoms with Crippen molar-refractivity contribution in [1.29, 1.82) is 0 Å². The number of anilines is 1. The lowest BCUT2D eigenvalue weighted by molar-refractivity contribution is -0.113. The number of hydrogen-bond donors (Lipinski definition) is 1. The molecule has 0 radical (unpaired) electrons. The summed E-state index contributed by atoms with van der Waals surface area (Å²) in [5.74, 6) is 1.44. The fourth-order valence-electron chi connectivity index (χ4n) is 2.77. The minimum atomic E-state index is -0.137. The Morgan fingerprint density at radius 3 is 2.67 bits per heavy atom. The molecule has 0 aliphatic heterocycles. The summed E-state index contributed by atoms with van der Waals surface area (Å²) in [7, 11) is 3.20. The largest absolute Gasteiger partial charge is 0.497 e. The van der Waals surface area contributed by atoms with Gasteiger partial charge in [-0.3, -0.25) is 4.79 Å². The molecule has 30 heavy (non-hydrogen) atoms. The van der Waals surface area contributed by atoms with Crippen LogP contribution in [0.1, 0.15) is 0 Å². The summed E-state index contributed by atoms with van der Waals surface area (Å²) in [6, 6.07) is 17.0. The Labute approximate surface area is 181 Å². The fourth-order valence-corrected chi connectivity index (χ4v) is 4.27. The third kappa shape index (κ3) is 4.52. The second kappa shape index (κ2) is 9.10. The number of benzene rings is 2. The van der Waals surface area contributed by atoms with Crippen molar-refractivity contribution >= 4 is 44.4 Å². The second-order valence-corrected chi connectivity index (χ2v) is 8.17. The highest BCUT2D eigenvalue weighted by Crippen LogP contribution is 2.32. The van der Waals surface area contributed by atoms with Crippen molar-refractivity contribution in [3.8, 4) is 22.8 Å². The molecule has 0 aliphatic rings. The summed E-state index contributed by atoms with van der Waals surface area (Å²) in [5.41, 5.74) is 2.37. The van der Waals surface area contributed by atoms with E-state index in [0.29, 0.717) is 27.4 Å². The van der Waals surface area contributed by atoms with Gasteiger partial charge in [0.1, 0.15) is 16.5 Å². The highest BCUT2D eigenvalue weighted by Gasteiger charge is 2.11. The van der Waals surface area contributed by atoms with E-state index in [0.717, 1.165) is 15.8 Å². The molecule has 9 heteroatoms. The van der Waals surface area contributed by atoms with Gasteiger partial charge in [-0.25, -0.2) is 4.98 Å². The average Bonchev–Trinajstić information content (AvgIpc) is 3.19. The zero-order valence-corrected chi connectivity index (χ0v) is 17.9. The van der Waals surface area contributed by atoms with Gasteiger partial charge in [0, 0.05) is 11.6 Å². The normalized spacial score (nSPS) is 10.7. The SMILES string of the molecule is COc1ccc(-c2ccc(SCC(=O)Nc3nc4ccccc4s3)nn2)c(OC)c1. The number of carbonyl (C=O) groups excluding carboxylic acids is 1. The monoisotopic (exact) mass is 438 g/mol. The van der Waals surface area contributed by atoms with E-state index in [2.05, 4.69) is 20.5 Å². The molecule has 4 aromatic rings. The van der Waals surface area contributed by atoms with E-state index in [1.807, 2.05) is 48.5 Å². The van der Waals surface area contributed by atoms with Crippen LogP contribution < -0.4 is 14.8 Å². The second-order valence-electron chi connectivity index (χ2n) is 6.15. The van der Waals surface area contributed by atoms with E-state index in [1.165, 1.54) is 23.1 Å². The lowest BCUT2D eigenvalue weighted by Gasteiger charge is -2.09. The van der Waals surface area contributed by atoms with Gasteiger partial charge in [-0.15, -0.1) is 10.2 Å². The minimum Gasteiger partial charge on any atom is -0.497 e. The predicted octanol–water partition coefficient (Wildman–Crippen LogP) is 4.50.